The monoisotopic (exact) mass is 182 g/mol. The summed E-state index contributed by atoms with van der Waals surface area (Å²) in [7, 11) is 0. The summed E-state index contributed by atoms with van der Waals surface area (Å²) in [6.07, 6.45) is 4.66. The first kappa shape index (κ1) is 9.00. The third-order valence-corrected chi connectivity index (χ3v) is 3.56. The zero-order chi connectivity index (χ0) is 9.31. The van der Waals surface area contributed by atoms with E-state index in [1.165, 1.54) is 19.3 Å². The van der Waals surface area contributed by atoms with Gasteiger partial charge in [0.1, 0.15) is 5.54 Å². The lowest BCUT2D eigenvalue weighted by Crippen LogP contribution is -2.67. The van der Waals surface area contributed by atoms with Gasteiger partial charge in [0.2, 0.25) is 5.91 Å². The molecule has 3 heteroatoms. The summed E-state index contributed by atoms with van der Waals surface area (Å²) in [5.74, 6) is 0.715. The van der Waals surface area contributed by atoms with Gasteiger partial charge in [0, 0.05) is 13.1 Å². The molecule has 0 aromatic rings. The lowest BCUT2D eigenvalue weighted by Gasteiger charge is -2.44. The number of carbonyl (C=O) groups excluding carboxylic acids is 1. The van der Waals surface area contributed by atoms with Crippen molar-refractivity contribution in [2.75, 3.05) is 13.1 Å². The number of hydrogen-bond donors (Lipinski definition) is 2. The Bertz CT molecular complexity index is 211. The van der Waals surface area contributed by atoms with Crippen LogP contribution in [0.4, 0.5) is 0 Å². The second-order valence-corrected chi connectivity index (χ2v) is 4.30. The molecule has 1 saturated carbocycles. The maximum Gasteiger partial charge on any atom is 0.240 e. The van der Waals surface area contributed by atoms with Gasteiger partial charge >= 0.3 is 0 Å². The molecule has 0 aromatic carbocycles. The average molecular weight is 182 g/mol. The fourth-order valence-electron chi connectivity index (χ4n) is 2.65. The Morgan fingerprint density at radius 3 is 2.92 bits per heavy atom. The van der Waals surface area contributed by atoms with Gasteiger partial charge < -0.3 is 10.6 Å². The predicted molar refractivity (Wildman–Crippen MR) is 51.4 cm³/mol. The molecule has 2 N–H and O–H groups in total. The maximum atomic E-state index is 11.8. The summed E-state index contributed by atoms with van der Waals surface area (Å²) >= 11 is 0. The Labute approximate surface area is 79.3 Å². The quantitative estimate of drug-likeness (QED) is 0.577. The largest absolute Gasteiger partial charge is 0.353 e. The van der Waals surface area contributed by atoms with E-state index in [0.717, 1.165) is 19.5 Å². The minimum absolute atomic E-state index is 0.226. The predicted octanol–water partition coefficient (Wildman–Crippen LogP) is 0.655. The van der Waals surface area contributed by atoms with E-state index in [-0.39, 0.29) is 11.4 Å². The topological polar surface area (TPSA) is 41.1 Å². The van der Waals surface area contributed by atoms with E-state index in [9.17, 15) is 4.79 Å². The van der Waals surface area contributed by atoms with Crippen molar-refractivity contribution in [1.29, 1.82) is 0 Å². The normalized spacial score (nSPS) is 40.4. The van der Waals surface area contributed by atoms with Crippen LogP contribution in [0.1, 0.15) is 32.6 Å². The van der Waals surface area contributed by atoms with Crippen LogP contribution in [0.25, 0.3) is 0 Å². The first-order valence-corrected chi connectivity index (χ1v) is 5.29. The van der Waals surface area contributed by atoms with Crippen LogP contribution in [0.15, 0.2) is 0 Å². The molecular formula is C10H18N2O. The number of piperazine rings is 1. The summed E-state index contributed by atoms with van der Waals surface area (Å²) in [5.41, 5.74) is -0.226. The molecule has 1 heterocycles. The van der Waals surface area contributed by atoms with Crippen molar-refractivity contribution in [1.82, 2.24) is 10.6 Å². The van der Waals surface area contributed by atoms with E-state index in [4.69, 9.17) is 0 Å². The third kappa shape index (κ3) is 1.35. The van der Waals surface area contributed by atoms with Crippen LogP contribution >= 0.6 is 0 Å². The molecule has 13 heavy (non-hydrogen) atoms. The first-order valence-electron chi connectivity index (χ1n) is 5.29. The number of amides is 1. The van der Waals surface area contributed by atoms with Crippen molar-refractivity contribution in [2.45, 2.75) is 38.1 Å². The summed E-state index contributed by atoms with van der Waals surface area (Å²) in [6.45, 7) is 3.90. The lowest BCUT2D eigenvalue weighted by atomic mass is 9.72. The molecule has 2 aliphatic rings. The van der Waals surface area contributed by atoms with Gasteiger partial charge in [-0.1, -0.05) is 19.8 Å². The number of hydrogen-bond acceptors (Lipinski definition) is 2. The van der Waals surface area contributed by atoms with Crippen LogP contribution in [0.3, 0.4) is 0 Å². The highest BCUT2D eigenvalue weighted by Crippen LogP contribution is 2.34. The molecule has 2 fully saturated rings. The van der Waals surface area contributed by atoms with E-state index in [1.54, 1.807) is 0 Å². The fraction of sp³-hybridized carbons (Fsp3) is 0.900. The van der Waals surface area contributed by atoms with Gasteiger partial charge in [0.25, 0.3) is 0 Å². The lowest BCUT2D eigenvalue weighted by molar-refractivity contribution is -0.133. The highest BCUT2D eigenvalue weighted by atomic mass is 16.2. The average Bonchev–Trinajstić information content (AvgIpc) is 2.15. The van der Waals surface area contributed by atoms with Crippen molar-refractivity contribution in [3.05, 3.63) is 0 Å². The molecule has 0 bridgehead atoms. The first-order chi connectivity index (χ1) is 6.26. The second-order valence-electron chi connectivity index (χ2n) is 4.30. The molecule has 0 radical (unpaired) electrons. The zero-order valence-corrected chi connectivity index (χ0v) is 8.23. The van der Waals surface area contributed by atoms with Crippen LogP contribution in [-0.4, -0.2) is 24.5 Å². The Morgan fingerprint density at radius 1 is 1.38 bits per heavy atom. The highest BCUT2D eigenvalue weighted by Gasteiger charge is 2.45. The van der Waals surface area contributed by atoms with Crippen molar-refractivity contribution in [3.63, 3.8) is 0 Å². The molecule has 1 spiro atoms. The summed E-state index contributed by atoms with van der Waals surface area (Å²) in [5, 5.41) is 6.39. The van der Waals surface area contributed by atoms with Crippen LogP contribution in [0.5, 0.6) is 0 Å². The highest BCUT2D eigenvalue weighted by molar-refractivity contribution is 5.87. The molecule has 3 nitrogen and oxygen atoms in total. The number of nitrogens with one attached hydrogen (secondary N) is 2. The van der Waals surface area contributed by atoms with E-state index in [1.807, 2.05) is 0 Å². The smallest absolute Gasteiger partial charge is 0.240 e. The number of carbonyl (C=O) groups is 1. The molecule has 0 aromatic heterocycles. The summed E-state index contributed by atoms with van der Waals surface area (Å²) in [6, 6.07) is 0. The molecule has 1 amide bonds. The Kier molecular flexibility index (Phi) is 2.28. The molecular weight excluding hydrogens is 164 g/mol. The molecule has 2 atom stereocenters. The molecule has 2 rings (SSSR count). The number of rotatable bonds is 0. The van der Waals surface area contributed by atoms with Gasteiger partial charge in [0.05, 0.1) is 0 Å². The van der Waals surface area contributed by atoms with Crippen LogP contribution in [-0.2, 0) is 4.79 Å². The fourth-order valence-corrected chi connectivity index (χ4v) is 2.65. The van der Waals surface area contributed by atoms with Gasteiger partial charge in [-0.3, -0.25) is 4.79 Å². The summed E-state index contributed by atoms with van der Waals surface area (Å²) < 4.78 is 0. The van der Waals surface area contributed by atoms with E-state index in [2.05, 4.69) is 17.6 Å². The van der Waals surface area contributed by atoms with E-state index in [0.29, 0.717) is 5.92 Å². The minimum Gasteiger partial charge on any atom is -0.353 e. The molecule has 1 aliphatic carbocycles. The van der Waals surface area contributed by atoms with Gasteiger partial charge in [-0.25, -0.2) is 0 Å². The molecule has 74 valence electrons. The SMILES string of the molecule is CC1CCCCC12NCCNC2=O. The van der Waals surface area contributed by atoms with Crippen molar-refractivity contribution in [3.8, 4) is 0 Å². The van der Waals surface area contributed by atoms with Gasteiger partial charge in [-0.2, -0.15) is 0 Å². The van der Waals surface area contributed by atoms with Crippen molar-refractivity contribution >= 4 is 5.91 Å². The Hall–Kier alpha value is -0.570. The Morgan fingerprint density at radius 2 is 2.23 bits per heavy atom. The minimum atomic E-state index is -0.226. The molecule has 1 aliphatic heterocycles. The second kappa shape index (κ2) is 3.29. The van der Waals surface area contributed by atoms with Crippen molar-refractivity contribution in [2.24, 2.45) is 5.92 Å². The maximum absolute atomic E-state index is 11.8. The van der Waals surface area contributed by atoms with Crippen molar-refractivity contribution < 1.29 is 4.79 Å². The van der Waals surface area contributed by atoms with E-state index < -0.39 is 0 Å². The Balaban J connectivity index is 2.18. The molecule has 2 unspecified atom stereocenters. The molecule has 1 saturated heterocycles. The van der Waals surface area contributed by atoms with Gasteiger partial charge in [-0.15, -0.1) is 0 Å². The van der Waals surface area contributed by atoms with E-state index >= 15 is 0 Å². The van der Waals surface area contributed by atoms with Crippen LogP contribution in [0, 0.1) is 5.92 Å². The van der Waals surface area contributed by atoms with Gasteiger partial charge in [0.15, 0.2) is 0 Å². The van der Waals surface area contributed by atoms with Crippen LogP contribution in [0.2, 0.25) is 0 Å². The standard InChI is InChI=1S/C10H18N2O/c1-8-4-2-3-5-10(8)9(13)11-6-7-12-10/h8,12H,2-7H2,1H3,(H,11,13). The van der Waals surface area contributed by atoms with Gasteiger partial charge in [-0.05, 0) is 18.8 Å². The third-order valence-electron chi connectivity index (χ3n) is 3.56. The summed E-state index contributed by atoms with van der Waals surface area (Å²) in [4.78, 5) is 11.8. The zero-order valence-electron chi connectivity index (χ0n) is 8.23. The van der Waals surface area contributed by atoms with Crippen LogP contribution < -0.4 is 10.6 Å².